The molecule has 0 saturated carbocycles. The van der Waals surface area contributed by atoms with Crippen molar-refractivity contribution in [2.45, 2.75) is 25.7 Å². The lowest BCUT2D eigenvalue weighted by Gasteiger charge is -2.32. The first-order chi connectivity index (χ1) is 11.6. The molecule has 1 aromatic carbocycles. The number of rotatable bonds is 4. The summed E-state index contributed by atoms with van der Waals surface area (Å²) in [5.74, 6) is -0.193. The molecule has 2 saturated heterocycles. The van der Waals surface area contributed by atoms with Crippen LogP contribution >= 0.6 is 0 Å². The highest BCUT2D eigenvalue weighted by Gasteiger charge is 2.27. The van der Waals surface area contributed by atoms with Crippen molar-refractivity contribution < 1.29 is 14.0 Å². The maximum atomic E-state index is 14.2. The van der Waals surface area contributed by atoms with Gasteiger partial charge >= 0.3 is 0 Å². The summed E-state index contributed by atoms with van der Waals surface area (Å²) < 4.78 is 14.2. The zero-order valence-corrected chi connectivity index (χ0v) is 14.1. The van der Waals surface area contributed by atoms with Crippen LogP contribution in [0.25, 0.3) is 0 Å². The van der Waals surface area contributed by atoms with E-state index in [0.29, 0.717) is 37.7 Å². The van der Waals surface area contributed by atoms with Crippen LogP contribution in [0.15, 0.2) is 18.2 Å². The molecule has 2 aliphatic rings. The van der Waals surface area contributed by atoms with Crippen LogP contribution in [-0.4, -0.2) is 49.9 Å². The van der Waals surface area contributed by atoms with Gasteiger partial charge in [0, 0.05) is 31.7 Å². The summed E-state index contributed by atoms with van der Waals surface area (Å²) in [4.78, 5) is 27.9. The molecular formula is C18H24FN3O2. The first-order valence-corrected chi connectivity index (χ1v) is 8.64. The van der Waals surface area contributed by atoms with Gasteiger partial charge in [-0.1, -0.05) is 0 Å². The van der Waals surface area contributed by atoms with Gasteiger partial charge in [0.25, 0.3) is 5.91 Å². The summed E-state index contributed by atoms with van der Waals surface area (Å²) in [6, 6.07) is 4.40. The number of halogens is 1. The van der Waals surface area contributed by atoms with E-state index in [-0.39, 0.29) is 17.4 Å². The summed E-state index contributed by atoms with van der Waals surface area (Å²) >= 11 is 0. The average molecular weight is 333 g/mol. The molecule has 0 atom stereocenters. The SMILES string of the molecule is CNCC1CCN(C(=O)c2cc(N3CCCC3=O)ccc2F)CC1. The fraction of sp³-hybridized carbons (Fsp3) is 0.556. The Balaban J connectivity index is 1.74. The highest BCUT2D eigenvalue weighted by atomic mass is 19.1. The van der Waals surface area contributed by atoms with Crippen molar-refractivity contribution in [3.05, 3.63) is 29.6 Å². The molecule has 6 heteroatoms. The van der Waals surface area contributed by atoms with Crippen LogP contribution < -0.4 is 10.2 Å². The molecule has 0 aliphatic carbocycles. The lowest BCUT2D eigenvalue weighted by atomic mass is 9.96. The van der Waals surface area contributed by atoms with E-state index in [4.69, 9.17) is 0 Å². The number of carbonyl (C=O) groups excluding carboxylic acids is 2. The molecule has 5 nitrogen and oxygen atoms in total. The van der Waals surface area contributed by atoms with Crippen LogP contribution in [0.2, 0.25) is 0 Å². The zero-order chi connectivity index (χ0) is 17.1. The smallest absolute Gasteiger partial charge is 0.256 e. The number of amides is 2. The van der Waals surface area contributed by atoms with Gasteiger partial charge in [-0.05, 0) is 57.0 Å². The largest absolute Gasteiger partial charge is 0.339 e. The van der Waals surface area contributed by atoms with Crippen LogP contribution in [0, 0.1) is 11.7 Å². The van der Waals surface area contributed by atoms with E-state index in [9.17, 15) is 14.0 Å². The Morgan fingerprint density at radius 1 is 1.29 bits per heavy atom. The monoisotopic (exact) mass is 333 g/mol. The van der Waals surface area contributed by atoms with Crippen LogP contribution in [-0.2, 0) is 4.79 Å². The molecule has 2 aliphatic heterocycles. The van der Waals surface area contributed by atoms with Crippen LogP contribution in [0.5, 0.6) is 0 Å². The molecule has 2 amide bonds. The van der Waals surface area contributed by atoms with Gasteiger partial charge in [-0.15, -0.1) is 0 Å². The normalized spacial score (nSPS) is 19.2. The van der Waals surface area contributed by atoms with E-state index >= 15 is 0 Å². The number of benzene rings is 1. The van der Waals surface area contributed by atoms with Crippen molar-refractivity contribution in [1.82, 2.24) is 10.2 Å². The minimum absolute atomic E-state index is 0.0351. The second kappa shape index (κ2) is 7.30. The second-order valence-electron chi connectivity index (χ2n) is 6.61. The Bertz CT molecular complexity index is 627. The maximum Gasteiger partial charge on any atom is 0.256 e. The third-order valence-corrected chi connectivity index (χ3v) is 4.96. The molecule has 2 fully saturated rings. The zero-order valence-electron chi connectivity index (χ0n) is 14.1. The van der Waals surface area contributed by atoms with Crippen molar-refractivity contribution in [3.8, 4) is 0 Å². The van der Waals surface area contributed by atoms with Crippen molar-refractivity contribution in [1.29, 1.82) is 0 Å². The van der Waals surface area contributed by atoms with Crippen LogP contribution in [0.1, 0.15) is 36.0 Å². The third-order valence-electron chi connectivity index (χ3n) is 4.96. The summed E-state index contributed by atoms with van der Waals surface area (Å²) in [5, 5.41) is 3.16. The van der Waals surface area contributed by atoms with Crippen molar-refractivity contribution in [2.24, 2.45) is 5.92 Å². The minimum atomic E-state index is -0.521. The Kier molecular flexibility index (Phi) is 5.14. The molecule has 0 radical (unpaired) electrons. The fourth-order valence-corrected chi connectivity index (χ4v) is 3.57. The number of hydrogen-bond acceptors (Lipinski definition) is 3. The number of anilines is 1. The Labute approximate surface area is 141 Å². The molecule has 1 N–H and O–H groups in total. The molecule has 0 aromatic heterocycles. The Hall–Kier alpha value is -1.95. The molecule has 0 spiro atoms. The van der Waals surface area contributed by atoms with E-state index in [0.717, 1.165) is 25.8 Å². The number of nitrogens with zero attached hydrogens (tertiary/aromatic N) is 2. The standard InChI is InChI=1S/C18H24FN3O2/c1-20-12-13-6-9-21(10-7-13)18(24)15-11-14(4-5-16(15)19)22-8-2-3-17(22)23/h4-5,11,13,20H,2-3,6-10,12H2,1H3. The quantitative estimate of drug-likeness (QED) is 0.917. The van der Waals surface area contributed by atoms with Crippen molar-refractivity contribution in [2.75, 3.05) is 38.1 Å². The number of nitrogens with one attached hydrogen (secondary N) is 1. The number of piperidine rings is 1. The molecule has 130 valence electrons. The highest BCUT2D eigenvalue weighted by Crippen LogP contribution is 2.26. The number of carbonyl (C=O) groups is 2. The molecule has 1 aromatic rings. The predicted octanol–water partition coefficient (Wildman–Crippen LogP) is 2.02. The third kappa shape index (κ3) is 3.43. The summed E-state index contributed by atoms with van der Waals surface area (Å²) in [6.45, 7) is 2.88. The van der Waals surface area contributed by atoms with Gasteiger partial charge in [0.1, 0.15) is 5.82 Å². The lowest BCUT2D eigenvalue weighted by Crippen LogP contribution is -2.40. The molecule has 24 heavy (non-hydrogen) atoms. The first-order valence-electron chi connectivity index (χ1n) is 8.64. The van der Waals surface area contributed by atoms with Gasteiger partial charge in [-0.25, -0.2) is 4.39 Å². The van der Waals surface area contributed by atoms with Gasteiger partial charge in [0.05, 0.1) is 5.56 Å². The molecular weight excluding hydrogens is 309 g/mol. The van der Waals surface area contributed by atoms with E-state index in [1.807, 2.05) is 7.05 Å². The predicted molar refractivity (Wildman–Crippen MR) is 90.5 cm³/mol. The molecule has 3 rings (SSSR count). The van der Waals surface area contributed by atoms with E-state index in [1.54, 1.807) is 15.9 Å². The maximum absolute atomic E-state index is 14.2. The minimum Gasteiger partial charge on any atom is -0.339 e. The van der Waals surface area contributed by atoms with Crippen LogP contribution in [0.3, 0.4) is 0 Å². The van der Waals surface area contributed by atoms with Gasteiger partial charge in [0.15, 0.2) is 0 Å². The molecule has 2 heterocycles. The topological polar surface area (TPSA) is 52.7 Å². The summed E-state index contributed by atoms with van der Waals surface area (Å²) in [7, 11) is 1.93. The summed E-state index contributed by atoms with van der Waals surface area (Å²) in [5.41, 5.74) is 0.687. The Morgan fingerprint density at radius 3 is 2.67 bits per heavy atom. The first kappa shape index (κ1) is 16.9. The molecule has 0 unspecified atom stereocenters. The lowest BCUT2D eigenvalue weighted by molar-refractivity contribution is -0.117. The summed E-state index contributed by atoms with van der Waals surface area (Å²) in [6.07, 6.45) is 3.18. The fourth-order valence-electron chi connectivity index (χ4n) is 3.57. The van der Waals surface area contributed by atoms with Gasteiger partial charge in [-0.2, -0.15) is 0 Å². The molecule has 0 bridgehead atoms. The highest BCUT2D eigenvalue weighted by molar-refractivity contribution is 5.99. The van der Waals surface area contributed by atoms with Crippen molar-refractivity contribution in [3.63, 3.8) is 0 Å². The van der Waals surface area contributed by atoms with Gasteiger partial charge in [0.2, 0.25) is 5.91 Å². The number of likely N-dealkylation sites (tertiary alicyclic amines) is 1. The van der Waals surface area contributed by atoms with Gasteiger partial charge in [-0.3, -0.25) is 9.59 Å². The average Bonchev–Trinajstić information content (AvgIpc) is 3.02. The van der Waals surface area contributed by atoms with E-state index < -0.39 is 5.82 Å². The number of hydrogen-bond donors (Lipinski definition) is 1. The van der Waals surface area contributed by atoms with Crippen LogP contribution in [0.4, 0.5) is 10.1 Å². The van der Waals surface area contributed by atoms with E-state index in [2.05, 4.69) is 5.32 Å². The van der Waals surface area contributed by atoms with Crippen molar-refractivity contribution >= 4 is 17.5 Å². The second-order valence-corrected chi connectivity index (χ2v) is 6.61. The Morgan fingerprint density at radius 2 is 2.04 bits per heavy atom. The van der Waals surface area contributed by atoms with Gasteiger partial charge < -0.3 is 15.1 Å². The van der Waals surface area contributed by atoms with E-state index in [1.165, 1.54) is 12.1 Å².